The summed E-state index contributed by atoms with van der Waals surface area (Å²) in [4.78, 5) is 13.0. The van der Waals surface area contributed by atoms with Crippen molar-refractivity contribution in [1.82, 2.24) is 9.62 Å². The topological polar surface area (TPSA) is 75.7 Å². The first-order chi connectivity index (χ1) is 13.8. The molecule has 7 heteroatoms. The molecular formula is C22H28N2O4S. The summed E-state index contributed by atoms with van der Waals surface area (Å²) in [5.41, 5.74) is 0.472. The number of carbonyl (C=O) groups excluding carboxylic acids is 1. The van der Waals surface area contributed by atoms with E-state index in [1.165, 1.54) is 4.31 Å². The van der Waals surface area contributed by atoms with Gasteiger partial charge in [-0.2, -0.15) is 4.31 Å². The normalized spacial score (nSPS) is 16.9. The Morgan fingerprint density at radius 1 is 1.07 bits per heavy atom. The highest BCUT2D eigenvalue weighted by atomic mass is 32.2. The van der Waals surface area contributed by atoms with Gasteiger partial charge in [0.15, 0.2) is 0 Å². The second-order valence-corrected chi connectivity index (χ2v) is 9.48. The second-order valence-electron chi connectivity index (χ2n) is 7.54. The van der Waals surface area contributed by atoms with Gasteiger partial charge in [-0.15, -0.1) is 0 Å². The SMILES string of the molecule is CCOc1ccc(S(=O)(=O)N2CCC(C)(C(=O)NCc3ccccc3)CC2)cc1. The quantitative estimate of drug-likeness (QED) is 0.752. The van der Waals surface area contributed by atoms with E-state index in [0.717, 1.165) is 5.56 Å². The lowest BCUT2D eigenvalue weighted by atomic mass is 9.80. The maximum atomic E-state index is 12.9. The molecule has 0 atom stereocenters. The Balaban J connectivity index is 1.60. The predicted octanol–water partition coefficient (Wildman–Crippen LogP) is 3.19. The Hall–Kier alpha value is -2.38. The number of amides is 1. The zero-order chi connectivity index (χ0) is 20.9. The standard InChI is InChI=1S/C22H28N2O4S/c1-3-28-19-9-11-20(12-10-19)29(26,27)24-15-13-22(2,14-16-24)21(25)23-17-18-7-5-4-6-8-18/h4-12H,3,13-17H2,1-2H3,(H,23,25). The number of nitrogens with one attached hydrogen (secondary N) is 1. The summed E-state index contributed by atoms with van der Waals surface area (Å²) in [6.45, 7) is 5.45. The Kier molecular flexibility index (Phi) is 6.59. The molecule has 1 fully saturated rings. The number of carbonyl (C=O) groups is 1. The van der Waals surface area contributed by atoms with Crippen molar-refractivity contribution in [2.24, 2.45) is 5.41 Å². The molecular weight excluding hydrogens is 388 g/mol. The van der Waals surface area contributed by atoms with Gasteiger partial charge in [-0.1, -0.05) is 37.3 Å². The van der Waals surface area contributed by atoms with Gasteiger partial charge in [-0.3, -0.25) is 4.79 Å². The minimum atomic E-state index is -3.58. The van der Waals surface area contributed by atoms with Crippen molar-refractivity contribution < 1.29 is 17.9 Å². The van der Waals surface area contributed by atoms with Crippen LogP contribution in [0.25, 0.3) is 0 Å². The van der Waals surface area contributed by atoms with Gasteiger partial charge in [-0.25, -0.2) is 8.42 Å². The Labute approximate surface area is 172 Å². The molecule has 0 aromatic heterocycles. The summed E-state index contributed by atoms with van der Waals surface area (Å²) in [5, 5.41) is 2.99. The number of sulfonamides is 1. The molecule has 0 radical (unpaired) electrons. The van der Waals surface area contributed by atoms with E-state index < -0.39 is 15.4 Å². The molecule has 6 nitrogen and oxygen atoms in total. The molecule has 1 aliphatic rings. The second kappa shape index (κ2) is 8.97. The number of ether oxygens (including phenoxy) is 1. The maximum Gasteiger partial charge on any atom is 0.243 e. The summed E-state index contributed by atoms with van der Waals surface area (Å²) < 4.78 is 32.7. The molecule has 2 aromatic carbocycles. The van der Waals surface area contributed by atoms with E-state index in [1.807, 2.05) is 44.2 Å². The first-order valence-electron chi connectivity index (χ1n) is 9.90. The van der Waals surface area contributed by atoms with Gasteiger partial charge in [0.05, 0.1) is 11.5 Å². The minimum Gasteiger partial charge on any atom is -0.494 e. The van der Waals surface area contributed by atoms with Crippen LogP contribution in [0.15, 0.2) is 59.5 Å². The zero-order valence-corrected chi connectivity index (χ0v) is 17.7. The molecule has 0 saturated carbocycles. The zero-order valence-electron chi connectivity index (χ0n) is 16.9. The molecule has 1 saturated heterocycles. The van der Waals surface area contributed by atoms with Crippen LogP contribution in [0.3, 0.4) is 0 Å². The first kappa shape index (κ1) is 21.3. The molecule has 1 aliphatic heterocycles. The van der Waals surface area contributed by atoms with Crippen LogP contribution in [0.2, 0.25) is 0 Å². The Bertz CT molecular complexity index is 919. The van der Waals surface area contributed by atoms with Crippen LogP contribution < -0.4 is 10.1 Å². The van der Waals surface area contributed by atoms with Gasteiger partial charge >= 0.3 is 0 Å². The van der Waals surface area contributed by atoms with E-state index in [2.05, 4.69) is 5.32 Å². The lowest BCUT2D eigenvalue weighted by Crippen LogP contribution is -2.48. The number of rotatable bonds is 7. The molecule has 0 bridgehead atoms. The summed E-state index contributed by atoms with van der Waals surface area (Å²) >= 11 is 0. The van der Waals surface area contributed by atoms with Gasteiger partial charge in [0.2, 0.25) is 15.9 Å². The molecule has 0 unspecified atom stereocenters. The molecule has 0 aliphatic carbocycles. The van der Waals surface area contributed by atoms with Crippen LogP contribution >= 0.6 is 0 Å². The third-order valence-corrected chi connectivity index (χ3v) is 7.36. The predicted molar refractivity (Wildman–Crippen MR) is 112 cm³/mol. The van der Waals surface area contributed by atoms with Gasteiger partial charge in [0.25, 0.3) is 0 Å². The van der Waals surface area contributed by atoms with Crippen molar-refractivity contribution in [3.63, 3.8) is 0 Å². The molecule has 1 amide bonds. The van der Waals surface area contributed by atoms with E-state index in [0.29, 0.717) is 44.8 Å². The van der Waals surface area contributed by atoms with Crippen molar-refractivity contribution >= 4 is 15.9 Å². The number of piperidine rings is 1. The van der Waals surface area contributed by atoms with Crippen LogP contribution in [0.5, 0.6) is 5.75 Å². The van der Waals surface area contributed by atoms with Crippen LogP contribution in [0, 0.1) is 5.41 Å². The smallest absolute Gasteiger partial charge is 0.243 e. The lowest BCUT2D eigenvalue weighted by molar-refractivity contribution is -0.132. The molecule has 29 heavy (non-hydrogen) atoms. The maximum absolute atomic E-state index is 12.9. The van der Waals surface area contributed by atoms with Gasteiger partial charge in [0.1, 0.15) is 5.75 Å². The average Bonchev–Trinajstić information content (AvgIpc) is 2.74. The summed E-state index contributed by atoms with van der Waals surface area (Å²) in [6.07, 6.45) is 0.980. The fourth-order valence-electron chi connectivity index (χ4n) is 3.46. The van der Waals surface area contributed by atoms with Gasteiger partial charge < -0.3 is 10.1 Å². The highest BCUT2D eigenvalue weighted by Gasteiger charge is 2.40. The molecule has 0 spiro atoms. The molecule has 1 N–H and O–H groups in total. The van der Waals surface area contributed by atoms with E-state index in [1.54, 1.807) is 24.3 Å². The fourth-order valence-corrected chi connectivity index (χ4v) is 4.90. The van der Waals surface area contributed by atoms with Crippen molar-refractivity contribution in [2.45, 2.75) is 38.1 Å². The Morgan fingerprint density at radius 3 is 2.28 bits per heavy atom. The van der Waals surface area contributed by atoms with E-state index >= 15 is 0 Å². The number of hydrogen-bond acceptors (Lipinski definition) is 4. The summed E-state index contributed by atoms with van der Waals surface area (Å²) in [5.74, 6) is 0.618. The molecule has 2 aromatic rings. The monoisotopic (exact) mass is 416 g/mol. The highest BCUT2D eigenvalue weighted by molar-refractivity contribution is 7.89. The third kappa shape index (κ3) is 4.97. The molecule has 1 heterocycles. The number of nitrogens with zero attached hydrogens (tertiary/aromatic N) is 1. The summed E-state index contributed by atoms with van der Waals surface area (Å²) in [7, 11) is -3.58. The van der Waals surface area contributed by atoms with Crippen LogP contribution in [0.1, 0.15) is 32.3 Å². The van der Waals surface area contributed by atoms with E-state index in [4.69, 9.17) is 4.74 Å². The average molecular weight is 417 g/mol. The van der Waals surface area contributed by atoms with E-state index in [9.17, 15) is 13.2 Å². The molecule has 156 valence electrons. The van der Waals surface area contributed by atoms with Gasteiger partial charge in [0, 0.05) is 25.0 Å². The largest absolute Gasteiger partial charge is 0.494 e. The Morgan fingerprint density at radius 2 is 1.69 bits per heavy atom. The number of benzene rings is 2. The van der Waals surface area contributed by atoms with Crippen molar-refractivity contribution in [2.75, 3.05) is 19.7 Å². The lowest BCUT2D eigenvalue weighted by Gasteiger charge is -2.37. The van der Waals surface area contributed by atoms with Crippen LogP contribution in [-0.2, 0) is 21.4 Å². The molecule has 3 rings (SSSR count). The van der Waals surface area contributed by atoms with Crippen molar-refractivity contribution in [3.8, 4) is 5.75 Å². The summed E-state index contributed by atoms with van der Waals surface area (Å²) in [6, 6.07) is 16.2. The van der Waals surface area contributed by atoms with Crippen LogP contribution in [-0.4, -0.2) is 38.3 Å². The number of hydrogen-bond donors (Lipinski definition) is 1. The fraction of sp³-hybridized carbons (Fsp3) is 0.409. The third-order valence-electron chi connectivity index (χ3n) is 5.44. The first-order valence-corrected chi connectivity index (χ1v) is 11.3. The van der Waals surface area contributed by atoms with Crippen LogP contribution in [0.4, 0.5) is 0 Å². The van der Waals surface area contributed by atoms with Gasteiger partial charge in [-0.05, 0) is 49.6 Å². The van der Waals surface area contributed by atoms with Crippen molar-refractivity contribution in [1.29, 1.82) is 0 Å². The highest BCUT2D eigenvalue weighted by Crippen LogP contribution is 2.33. The van der Waals surface area contributed by atoms with Crippen molar-refractivity contribution in [3.05, 3.63) is 60.2 Å². The minimum absolute atomic E-state index is 0.0283. The van der Waals surface area contributed by atoms with E-state index in [-0.39, 0.29) is 10.8 Å².